The first-order valence-electron chi connectivity index (χ1n) is 4.74. The van der Waals surface area contributed by atoms with E-state index in [-0.39, 0.29) is 18.5 Å². The Bertz CT molecular complexity index is 216. The Hall–Kier alpha value is -1.10. The van der Waals surface area contributed by atoms with Gasteiger partial charge in [-0.1, -0.05) is 6.92 Å². The van der Waals surface area contributed by atoms with Crippen LogP contribution in [0, 0.1) is 0 Å². The summed E-state index contributed by atoms with van der Waals surface area (Å²) in [7, 11) is 0. The number of nitrogens with two attached hydrogens (primary N) is 2. The zero-order chi connectivity index (χ0) is 11.3. The van der Waals surface area contributed by atoms with Crippen LogP contribution in [-0.4, -0.2) is 35.3 Å². The van der Waals surface area contributed by atoms with Crippen molar-refractivity contribution >= 4 is 11.8 Å². The third kappa shape index (κ3) is 3.74. The van der Waals surface area contributed by atoms with Gasteiger partial charge in [-0.2, -0.15) is 0 Å². The van der Waals surface area contributed by atoms with Gasteiger partial charge in [0.2, 0.25) is 11.8 Å². The molecule has 0 bridgehead atoms. The molecule has 0 saturated carbocycles. The van der Waals surface area contributed by atoms with Crippen molar-refractivity contribution in [1.29, 1.82) is 0 Å². The van der Waals surface area contributed by atoms with Crippen LogP contribution in [-0.2, 0) is 9.59 Å². The lowest BCUT2D eigenvalue weighted by molar-refractivity contribution is -0.138. The Balaban J connectivity index is 4.49. The van der Waals surface area contributed by atoms with Gasteiger partial charge in [0.25, 0.3) is 0 Å². The zero-order valence-electron chi connectivity index (χ0n) is 8.99. The van der Waals surface area contributed by atoms with Gasteiger partial charge in [0.05, 0.1) is 12.6 Å². The van der Waals surface area contributed by atoms with Crippen LogP contribution in [0.15, 0.2) is 0 Å². The number of carbonyl (C=O) groups excluding carboxylic acids is 2. The summed E-state index contributed by atoms with van der Waals surface area (Å²) in [5.74, 6) is -0.739. The maximum atomic E-state index is 11.6. The minimum atomic E-state index is -0.545. The lowest BCUT2D eigenvalue weighted by Gasteiger charge is -2.27. The first-order valence-corrected chi connectivity index (χ1v) is 4.74. The molecular weight excluding hydrogens is 182 g/mol. The zero-order valence-corrected chi connectivity index (χ0v) is 8.99. The number of rotatable bonds is 5. The number of nitrogens with zero attached hydrogens (tertiary/aromatic N) is 1. The van der Waals surface area contributed by atoms with Crippen LogP contribution in [0.25, 0.3) is 0 Å². The fourth-order valence-electron chi connectivity index (χ4n) is 1.07. The highest BCUT2D eigenvalue weighted by Gasteiger charge is 2.23. The molecule has 0 saturated heterocycles. The maximum Gasteiger partial charge on any atom is 0.240 e. The quantitative estimate of drug-likeness (QED) is 0.625. The van der Waals surface area contributed by atoms with Crippen LogP contribution < -0.4 is 11.5 Å². The molecule has 0 aromatic rings. The monoisotopic (exact) mass is 201 g/mol. The van der Waals surface area contributed by atoms with Gasteiger partial charge in [-0.3, -0.25) is 9.59 Å². The van der Waals surface area contributed by atoms with Crippen molar-refractivity contribution in [3.63, 3.8) is 0 Å². The van der Waals surface area contributed by atoms with Crippen LogP contribution in [0.1, 0.15) is 27.2 Å². The van der Waals surface area contributed by atoms with Crippen LogP contribution in [0.5, 0.6) is 0 Å². The van der Waals surface area contributed by atoms with Crippen LogP contribution >= 0.6 is 0 Å². The molecular formula is C9H19N3O2. The maximum absolute atomic E-state index is 11.6. The highest BCUT2D eigenvalue weighted by atomic mass is 16.2. The molecule has 5 heteroatoms. The second kappa shape index (κ2) is 5.59. The highest BCUT2D eigenvalue weighted by Crippen LogP contribution is 2.02. The summed E-state index contributed by atoms with van der Waals surface area (Å²) in [6.07, 6.45) is 0.556. The molecule has 0 aromatic carbocycles. The largest absolute Gasteiger partial charge is 0.368 e. The lowest BCUT2D eigenvalue weighted by Crippen LogP contribution is -2.49. The summed E-state index contributed by atoms with van der Waals surface area (Å²) in [6.45, 7) is 5.40. The molecule has 0 aliphatic heterocycles. The molecule has 0 aromatic heterocycles. The molecule has 0 aliphatic carbocycles. The molecule has 0 heterocycles. The summed E-state index contributed by atoms with van der Waals surface area (Å²) in [5, 5.41) is 0. The van der Waals surface area contributed by atoms with E-state index in [1.807, 2.05) is 20.8 Å². The summed E-state index contributed by atoms with van der Waals surface area (Å²) in [4.78, 5) is 23.8. The topological polar surface area (TPSA) is 89.4 Å². The Morgan fingerprint density at radius 3 is 2.14 bits per heavy atom. The summed E-state index contributed by atoms with van der Waals surface area (Å²) >= 11 is 0. The van der Waals surface area contributed by atoms with Crippen molar-refractivity contribution in [2.45, 2.75) is 39.3 Å². The van der Waals surface area contributed by atoms with E-state index in [1.54, 1.807) is 0 Å². The van der Waals surface area contributed by atoms with Crippen molar-refractivity contribution in [1.82, 2.24) is 4.90 Å². The first-order chi connectivity index (χ1) is 6.40. The molecule has 1 unspecified atom stereocenters. The van der Waals surface area contributed by atoms with E-state index >= 15 is 0 Å². The van der Waals surface area contributed by atoms with E-state index in [4.69, 9.17) is 11.5 Å². The summed E-state index contributed by atoms with van der Waals surface area (Å²) < 4.78 is 0. The number of amides is 2. The number of carbonyl (C=O) groups is 2. The predicted molar refractivity (Wildman–Crippen MR) is 54.3 cm³/mol. The van der Waals surface area contributed by atoms with Gasteiger partial charge in [-0.25, -0.2) is 0 Å². The van der Waals surface area contributed by atoms with Crippen LogP contribution in [0.3, 0.4) is 0 Å². The molecule has 0 fully saturated rings. The van der Waals surface area contributed by atoms with Crippen molar-refractivity contribution in [2.75, 3.05) is 6.54 Å². The molecule has 0 aliphatic rings. The minimum absolute atomic E-state index is 0.0624. The van der Waals surface area contributed by atoms with Crippen LogP contribution in [0.2, 0.25) is 0 Å². The molecule has 0 rings (SSSR count). The van der Waals surface area contributed by atoms with Crippen molar-refractivity contribution in [3.8, 4) is 0 Å². The molecule has 2 amide bonds. The molecule has 14 heavy (non-hydrogen) atoms. The predicted octanol–water partition coefficient (Wildman–Crippen LogP) is -0.554. The molecule has 0 radical (unpaired) electrons. The SMILES string of the molecule is CCC(N)C(=O)N(CC(N)=O)C(C)C. The van der Waals surface area contributed by atoms with Gasteiger partial charge >= 0.3 is 0 Å². The van der Waals surface area contributed by atoms with Gasteiger partial charge in [-0.15, -0.1) is 0 Å². The number of hydrogen-bond acceptors (Lipinski definition) is 3. The van der Waals surface area contributed by atoms with E-state index < -0.39 is 11.9 Å². The van der Waals surface area contributed by atoms with Crippen molar-refractivity contribution in [3.05, 3.63) is 0 Å². The van der Waals surface area contributed by atoms with Gasteiger partial charge in [-0.05, 0) is 20.3 Å². The minimum Gasteiger partial charge on any atom is -0.368 e. The Morgan fingerprint density at radius 2 is 1.86 bits per heavy atom. The van der Waals surface area contributed by atoms with E-state index in [2.05, 4.69) is 0 Å². The van der Waals surface area contributed by atoms with E-state index in [1.165, 1.54) is 4.90 Å². The Kier molecular flexibility index (Phi) is 5.15. The average molecular weight is 201 g/mol. The standard InChI is InChI=1S/C9H19N3O2/c1-4-7(10)9(14)12(6(2)3)5-8(11)13/h6-7H,4-5,10H2,1-3H3,(H2,11,13). The number of hydrogen-bond donors (Lipinski definition) is 2. The number of primary amides is 1. The highest BCUT2D eigenvalue weighted by molar-refractivity contribution is 5.86. The second-order valence-electron chi connectivity index (χ2n) is 3.54. The molecule has 4 N–H and O–H groups in total. The van der Waals surface area contributed by atoms with Gasteiger partial charge in [0.15, 0.2) is 0 Å². The van der Waals surface area contributed by atoms with E-state index in [9.17, 15) is 9.59 Å². The molecule has 5 nitrogen and oxygen atoms in total. The second-order valence-corrected chi connectivity index (χ2v) is 3.54. The third-order valence-corrected chi connectivity index (χ3v) is 1.99. The first kappa shape index (κ1) is 12.9. The summed E-state index contributed by atoms with van der Waals surface area (Å²) in [5.41, 5.74) is 10.6. The fraction of sp³-hybridized carbons (Fsp3) is 0.778. The Labute approximate surface area is 84.4 Å². The fourth-order valence-corrected chi connectivity index (χ4v) is 1.07. The van der Waals surface area contributed by atoms with Gasteiger partial charge < -0.3 is 16.4 Å². The van der Waals surface area contributed by atoms with Crippen molar-refractivity contribution in [2.24, 2.45) is 11.5 Å². The smallest absolute Gasteiger partial charge is 0.240 e. The molecule has 82 valence electrons. The molecule has 1 atom stereocenters. The van der Waals surface area contributed by atoms with E-state index in [0.717, 1.165) is 0 Å². The lowest BCUT2D eigenvalue weighted by atomic mass is 10.2. The van der Waals surface area contributed by atoms with Crippen LogP contribution in [0.4, 0.5) is 0 Å². The van der Waals surface area contributed by atoms with Gasteiger partial charge in [0, 0.05) is 6.04 Å². The van der Waals surface area contributed by atoms with Crippen molar-refractivity contribution < 1.29 is 9.59 Å². The summed E-state index contributed by atoms with van der Waals surface area (Å²) in [6, 6.07) is -0.607. The third-order valence-electron chi connectivity index (χ3n) is 1.99. The average Bonchev–Trinajstić information content (AvgIpc) is 2.11. The van der Waals surface area contributed by atoms with Gasteiger partial charge in [0.1, 0.15) is 0 Å². The Morgan fingerprint density at radius 1 is 1.36 bits per heavy atom. The normalized spacial score (nSPS) is 12.6. The van der Waals surface area contributed by atoms with E-state index in [0.29, 0.717) is 6.42 Å². The molecule has 0 spiro atoms.